The normalized spacial score (nSPS) is 19.2. The number of fused-ring (bicyclic) bond motifs is 1. The van der Waals surface area contributed by atoms with Gasteiger partial charge in [-0.3, -0.25) is 0 Å². The molecule has 3 N–H and O–H groups in total. The lowest BCUT2D eigenvalue weighted by molar-refractivity contribution is 0.198. The molecule has 1 saturated heterocycles. The van der Waals surface area contributed by atoms with E-state index in [2.05, 4.69) is 10.2 Å². The summed E-state index contributed by atoms with van der Waals surface area (Å²) >= 11 is 0. The monoisotopic (exact) mass is 446 g/mol. The Morgan fingerprint density at radius 1 is 1.27 bits per heavy atom. The number of nitriles is 1. The predicted octanol–water partition coefficient (Wildman–Crippen LogP) is 2.30. The largest absolute Gasteiger partial charge is 0.389 e. The molecule has 0 bridgehead atoms. The molecule has 0 aromatic carbocycles. The van der Waals surface area contributed by atoms with Crippen LogP contribution in [0.5, 0.6) is 0 Å². The van der Waals surface area contributed by atoms with E-state index < -0.39 is 18.3 Å². The Bertz CT molecular complexity index is 1380. The Morgan fingerprint density at radius 2 is 2.09 bits per heavy atom. The molecule has 10 heteroatoms. The highest BCUT2D eigenvalue weighted by atomic mass is 19.1. The van der Waals surface area contributed by atoms with Gasteiger partial charge in [-0.05, 0) is 38.1 Å². The van der Waals surface area contributed by atoms with Gasteiger partial charge in [0.1, 0.15) is 12.2 Å². The number of aliphatic hydroxyl groups is 1. The summed E-state index contributed by atoms with van der Waals surface area (Å²) < 4.78 is 17.2. The maximum absolute atomic E-state index is 13.9. The standard InChI is InChI=1S/C23H23FN8O/c1-13-7-15(8-25)29-32(13)23-17(14(2)33)4-5-21(28-23)18-9-27-31-10-16(3-6-22(18)31)30-11-19(24)20(26)12-30/h3-7,9-10,14,19-20,33H,11-12,26H2,1-2H3/t14?,19-,20-/m1/s1. The molecule has 1 unspecified atom stereocenters. The van der Waals surface area contributed by atoms with E-state index in [1.54, 1.807) is 34.5 Å². The van der Waals surface area contributed by atoms with Crippen LogP contribution in [0, 0.1) is 18.3 Å². The number of aliphatic hydroxyl groups excluding tert-OH is 1. The fourth-order valence-corrected chi connectivity index (χ4v) is 4.21. The molecule has 5 rings (SSSR count). The van der Waals surface area contributed by atoms with E-state index in [-0.39, 0.29) is 12.2 Å². The van der Waals surface area contributed by atoms with E-state index in [0.29, 0.717) is 23.6 Å². The Balaban J connectivity index is 1.57. The van der Waals surface area contributed by atoms with Gasteiger partial charge >= 0.3 is 0 Å². The van der Waals surface area contributed by atoms with E-state index in [1.807, 2.05) is 42.3 Å². The third-order valence-corrected chi connectivity index (χ3v) is 5.99. The molecule has 0 aliphatic carbocycles. The van der Waals surface area contributed by atoms with Gasteiger partial charge in [-0.25, -0.2) is 18.6 Å². The molecule has 4 aromatic rings. The van der Waals surface area contributed by atoms with Gasteiger partial charge in [0.2, 0.25) is 0 Å². The molecule has 9 nitrogen and oxygen atoms in total. The van der Waals surface area contributed by atoms with Gasteiger partial charge < -0.3 is 15.7 Å². The van der Waals surface area contributed by atoms with E-state index in [1.165, 1.54) is 0 Å². The zero-order valence-electron chi connectivity index (χ0n) is 18.2. The number of halogens is 1. The molecular weight excluding hydrogens is 423 g/mol. The molecule has 1 aliphatic heterocycles. The summed E-state index contributed by atoms with van der Waals surface area (Å²) in [7, 11) is 0. The third-order valence-electron chi connectivity index (χ3n) is 5.99. The van der Waals surface area contributed by atoms with Crippen LogP contribution < -0.4 is 10.6 Å². The highest BCUT2D eigenvalue weighted by Gasteiger charge is 2.30. The van der Waals surface area contributed by atoms with E-state index >= 15 is 0 Å². The van der Waals surface area contributed by atoms with Gasteiger partial charge in [-0.2, -0.15) is 15.5 Å². The van der Waals surface area contributed by atoms with Crippen LogP contribution in [0.3, 0.4) is 0 Å². The smallest absolute Gasteiger partial charge is 0.163 e. The number of anilines is 1. The summed E-state index contributed by atoms with van der Waals surface area (Å²) in [5.74, 6) is 0.456. The van der Waals surface area contributed by atoms with Crippen molar-refractivity contribution in [2.24, 2.45) is 5.73 Å². The van der Waals surface area contributed by atoms with Gasteiger partial charge in [0.05, 0.1) is 48.0 Å². The van der Waals surface area contributed by atoms with Crippen LogP contribution in [0.15, 0.2) is 42.7 Å². The summed E-state index contributed by atoms with van der Waals surface area (Å²) in [5.41, 5.74) is 10.6. The van der Waals surface area contributed by atoms with Crippen molar-refractivity contribution in [1.29, 1.82) is 5.26 Å². The van der Waals surface area contributed by atoms with Gasteiger partial charge in [-0.15, -0.1) is 0 Å². The lowest BCUT2D eigenvalue weighted by Gasteiger charge is -2.17. The van der Waals surface area contributed by atoms with Crippen molar-refractivity contribution in [3.63, 3.8) is 0 Å². The van der Waals surface area contributed by atoms with Crippen LogP contribution >= 0.6 is 0 Å². The first-order valence-electron chi connectivity index (χ1n) is 10.6. The van der Waals surface area contributed by atoms with Crippen molar-refractivity contribution in [1.82, 2.24) is 24.4 Å². The van der Waals surface area contributed by atoms with Crippen molar-refractivity contribution in [2.75, 3.05) is 18.0 Å². The minimum Gasteiger partial charge on any atom is -0.389 e. The number of aryl methyl sites for hydroxylation is 1. The Hall–Kier alpha value is -3.81. The van der Waals surface area contributed by atoms with Crippen LogP contribution in [-0.2, 0) is 0 Å². The summed E-state index contributed by atoms with van der Waals surface area (Å²) in [5, 5.41) is 28.3. The van der Waals surface area contributed by atoms with E-state index in [0.717, 1.165) is 22.5 Å². The van der Waals surface area contributed by atoms with Gasteiger partial charge in [0.25, 0.3) is 0 Å². The molecule has 33 heavy (non-hydrogen) atoms. The number of nitrogens with two attached hydrogens (primary N) is 1. The molecule has 1 fully saturated rings. The minimum absolute atomic E-state index is 0.264. The van der Waals surface area contributed by atoms with Crippen LogP contribution in [0.1, 0.15) is 30.0 Å². The maximum atomic E-state index is 13.9. The SMILES string of the molecule is Cc1cc(C#N)nn1-c1nc(-c2cnn3cc(N4C[C@@H](N)[C@H](F)C4)ccc23)ccc1C(C)O. The lowest BCUT2D eigenvalue weighted by atomic mass is 10.1. The fraction of sp³-hybridized carbons (Fsp3) is 0.304. The first kappa shape index (κ1) is 21.1. The van der Waals surface area contributed by atoms with Crippen molar-refractivity contribution < 1.29 is 9.50 Å². The summed E-state index contributed by atoms with van der Waals surface area (Å²) in [6.45, 7) is 4.21. The van der Waals surface area contributed by atoms with Crippen molar-refractivity contribution in [3.05, 3.63) is 59.7 Å². The first-order chi connectivity index (χ1) is 15.9. The molecular formula is C23H23FN8O. The van der Waals surface area contributed by atoms with E-state index in [4.69, 9.17) is 10.7 Å². The number of nitrogens with zero attached hydrogens (tertiary/aromatic N) is 7. The Kier molecular flexibility index (Phi) is 5.08. The average Bonchev–Trinajstić information content (AvgIpc) is 3.49. The van der Waals surface area contributed by atoms with Crippen molar-refractivity contribution >= 4 is 11.2 Å². The molecule has 0 saturated carbocycles. The van der Waals surface area contributed by atoms with Crippen molar-refractivity contribution in [2.45, 2.75) is 32.2 Å². The third kappa shape index (κ3) is 3.61. The molecule has 0 spiro atoms. The number of hydrogen-bond donors (Lipinski definition) is 2. The second-order valence-corrected chi connectivity index (χ2v) is 8.34. The molecule has 3 atom stereocenters. The van der Waals surface area contributed by atoms with Gasteiger partial charge in [-0.1, -0.05) is 6.07 Å². The number of rotatable bonds is 4. The summed E-state index contributed by atoms with van der Waals surface area (Å²) in [6, 6.07) is 10.7. The number of aromatic nitrogens is 5. The second-order valence-electron chi connectivity index (χ2n) is 8.34. The number of pyridine rings is 2. The molecule has 0 radical (unpaired) electrons. The van der Waals surface area contributed by atoms with Crippen LogP contribution in [-0.4, -0.2) is 54.8 Å². The fourth-order valence-electron chi connectivity index (χ4n) is 4.21. The van der Waals surface area contributed by atoms with Crippen molar-refractivity contribution in [3.8, 4) is 23.1 Å². The summed E-state index contributed by atoms with van der Waals surface area (Å²) in [6.07, 6.45) is 1.76. The maximum Gasteiger partial charge on any atom is 0.163 e. The van der Waals surface area contributed by atoms with Crippen LogP contribution in [0.4, 0.5) is 10.1 Å². The lowest BCUT2D eigenvalue weighted by Crippen LogP contribution is -2.30. The zero-order valence-corrected chi connectivity index (χ0v) is 18.2. The molecule has 0 amide bonds. The van der Waals surface area contributed by atoms with E-state index in [9.17, 15) is 14.8 Å². The summed E-state index contributed by atoms with van der Waals surface area (Å²) in [4.78, 5) is 6.70. The van der Waals surface area contributed by atoms with Gasteiger partial charge in [0, 0.05) is 23.4 Å². The Labute approximate surface area is 189 Å². The second kappa shape index (κ2) is 7.95. The van der Waals surface area contributed by atoms with Crippen LogP contribution in [0.2, 0.25) is 0 Å². The number of alkyl halides is 1. The first-order valence-corrected chi connectivity index (χ1v) is 10.6. The minimum atomic E-state index is -1.05. The highest BCUT2D eigenvalue weighted by Crippen LogP contribution is 2.30. The quantitative estimate of drug-likeness (QED) is 0.493. The number of hydrogen-bond acceptors (Lipinski definition) is 7. The molecule has 4 aromatic heterocycles. The zero-order chi connectivity index (χ0) is 23.3. The molecule has 168 valence electrons. The predicted molar refractivity (Wildman–Crippen MR) is 121 cm³/mol. The Morgan fingerprint density at radius 3 is 2.76 bits per heavy atom. The topological polar surface area (TPSA) is 121 Å². The van der Waals surface area contributed by atoms with Crippen LogP contribution in [0.25, 0.3) is 22.6 Å². The van der Waals surface area contributed by atoms with Gasteiger partial charge in [0.15, 0.2) is 11.5 Å². The molecule has 5 heterocycles. The highest BCUT2D eigenvalue weighted by molar-refractivity contribution is 5.79. The molecule has 1 aliphatic rings. The average molecular weight is 446 g/mol.